The van der Waals surface area contributed by atoms with E-state index in [-0.39, 0.29) is 6.03 Å². The van der Waals surface area contributed by atoms with Crippen LogP contribution in [0.4, 0.5) is 10.5 Å². The Bertz CT molecular complexity index is 670. The van der Waals surface area contributed by atoms with Gasteiger partial charge in [0.05, 0.1) is 0 Å². The van der Waals surface area contributed by atoms with E-state index in [0.29, 0.717) is 6.04 Å². The van der Waals surface area contributed by atoms with Crippen LogP contribution in [0.2, 0.25) is 0 Å². The molecule has 4 unspecified atom stereocenters. The molecule has 0 aliphatic carbocycles. The number of carbonyl (C=O) groups excluding carboxylic acids is 1. The van der Waals surface area contributed by atoms with Gasteiger partial charge in [0, 0.05) is 49.3 Å². The lowest BCUT2D eigenvalue weighted by molar-refractivity contribution is -0.00849. The third-order valence-corrected chi connectivity index (χ3v) is 7.04. The van der Waals surface area contributed by atoms with Crippen molar-refractivity contribution in [2.75, 3.05) is 72.0 Å². The summed E-state index contributed by atoms with van der Waals surface area (Å²) < 4.78 is 0. The molecule has 3 aliphatic heterocycles. The molecule has 3 fully saturated rings. The van der Waals surface area contributed by atoms with Crippen molar-refractivity contribution in [3.05, 3.63) is 24.3 Å². The fraction of sp³-hybridized carbons (Fsp3) is 0.682. The summed E-state index contributed by atoms with van der Waals surface area (Å²) in [6.45, 7) is 6.49. The van der Waals surface area contributed by atoms with Gasteiger partial charge in [-0.25, -0.2) is 4.79 Å². The molecule has 1 aromatic carbocycles. The minimum absolute atomic E-state index is 0.106. The Morgan fingerprint density at radius 2 is 2.10 bits per heavy atom. The summed E-state index contributed by atoms with van der Waals surface area (Å²) in [5.41, 5.74) is 0.848. The van der Waals surface area contributed by atoms with Gasteiger partial charge in [-0.15, -0.1) is 11.8 Å². The van der Waals surface area contributed by atoms with E-state index in [1.165, 1.54) is 32.5 Å². The first-order chi connectivity index (χ1) is 13.9. The Labute approximate surface area is 180 Å². The number of likely N-dealkylation sites (N-methyl/N-ethyl adjacent to an activating group) is 2. The van der Waals surface area contributed by atoms with Crippen molar-refractivity contribution in [1.29, 1.82) is 0 Å². The molecule has 0 saturated carbocycles. The number of urea groups is 1. The smallest absolute Gasteiger partial charge is 0.319 e. The molecule has 7 heteroatoms. The highest BCUT2D eigenvalue weighted by Crippen LogP contribution is 2.36. The van der Waals surface area contributed by atoms with Crippen LogP contribution in [0.1, 0.15) is 12.8 Å². The Balaban J connectivity index is 1.42. The lowest BCUT2D eigenvalue weighted by Crippen LogP contribution is -2.58. The molecule has 0 aromatic heterocycles. The molecule has 3 saturated heterocycles. The normalized spacial score (nSPS) is 26.1. The number of fused-ring (bicyclic) bond motifs is 3. The minimum atomic E-state index is -0.106. The second kappa shape index (κ2) is 10.7. The number of nitrogens with zero attached hydrogens (tertiary/aromatic N) is 3. The van der Waals surface area contributed by atoms with E-state index in [0.717, 1.165) is 42.1 Å². The van der Waals surface area contributed by atoms with Crippen LogP contribution in [0.3, 0.4) is 0 Å². The standard InChI is InChI=1S/C22H37N5OS/c1-25(2)10-11-26(3)15-18-16-27-9-8-17(18)12-20(27)14-23-22(28)24-19-6-5-7-21(13-19)29-4/h5-7,13,17-18,20H,8-12,14-16H2,1-4H3,(H2,23,24,28). The summed E-state index contributed by atoms with van der Waals surface area (Å²) in [7, 11) is 6.52. The Morgan fingerprint density at radius 3 is 2.79 bits per heavy atom. The molecule has 2 N–H and O–H groups in total. The number of rotatable bonds is 9. The third kappa shape index (κ3) is 6.60. The lowest BCUT2D eigenvalue weighted by Gasteiger charge is -2.50. The monoisotopic (exact) mass is 419 g/mol. The molecule has 6 nitrogen and oxygen atoms in total. The number of benzene rings is 1. The van der Waals surface area contributed by atoms with Gasteiger partial charge in [-0.3, -0.25) is 4.90 Å². The molecular weight excluding hydrogens is 382 g/mol. The zero-order chi connectivity index (χ0) is 20.8. The van der Waals surface area contributed by atoms with Crippen LogP contribution < -0.4 is 10.6 Å². The molecule has 4 rings (SSSR count). The Morgan fingerprint density at radius 1 is 1.28 bits per heavy atom. The highest BCUT2D eigenvalue weighted by molar-refractivity contribution is 7.98. The zero-order valence-electron chi connectivity index (χ0n) is 18.4. The molecule has 2 bridgehead atoms. The molecule has 2 amide bonds. The van der Waals surface area contributed by atoms with Crippen molar-refractivity contribution >= 4 is 23.5 Å². The quantitative estimate of drug-likeness (QED) is 0.603. The van der Waals surface area contributed by atoms with E-state index in [9.17, 15) is 4.79 Å². The average molecular weight is 420 g/mol. The van der Waals surface area contributed by atoms with Gasteiger partial charge in [0.1, 0.15) is 0 Å². The molecule has 1 aromatic rings. The van der Waals surface area contributed by atoms with Crippen LogP contribution in [0, 0.1) is 11.8 Å². The largest absolute Gasteiger partial charge is 0.336 e. The van der Waals surface area contributed by atoms with Crippen LogP contribution >= 0.6 is 11.8 Å². The molecule has 3 aliphatic rings. The maximum Gasteiger partial charge on any atom is 0.319 e. The van der Waals surface area contributed by atoms with Gasteiger partial charge in [0.15, 0.2) is 0 Å². The number of hydrogen-bond donors (Lipinski definition) is 2. The van der Waals surface area contributed by atoms with Gasteiger partial charge in [-0.1, -0.05) is 6.07 Å². The highest BCUT2D eigenvalue weighted by Gasteiger charge is 2.40. The fourth-order valence-corrected chi connectivity index (χ4v) is 5.08. The maximum atomic E-state index is 12.3. The fourth-order valence-electron chi connectivity index (χ4n) is 4.62. The molecule has 4 atom stereocenters. The number of amides is 2. The zero-order valence-corrected chi connectivity index (χ0v) is 19.2. The summed E-state index contributed by atoms with van der Waals surface area (Å²) in [6.07, 6.45) is 4.55. The van der Waals surface area contributed by atoms with Crippen molar-refractivity contribution in [2.45, 2.75) is 23.8 Å². The molecule has 0 radical (unpaired) electrons. The van der Waals surface area contributed by atoms with Crippen LogP contribution in [0.5, 0.6) is 0 Å². The van der Waals surface area contributed by atoms with Crippen molar-refractivity contribution in [1.82, 2.24) is 20.0 Å². The number of hydrogen-bond acceptors (Lipinski definition) is 5. The van der Waals surface area contributed by atoms with Gasteiger partial charge in [0.2, 0.25) is 0 Å². The van der Waals surface area contributed by atoms with Gasteiger partial charge in [-0.05, 0) is 76.8 Å². The summed E-state index contributed by atoms with van der Waals surface area (Å²) >= 11 is 1.68. The van der Waals surface area contributed by atoms with E-state index in [1.54, 1.807) is 11.8 Å². The summed E-state index contributed by atoms with van der Waals surface area (Å²) in [6, 6.07) is 8.33. The predicted octanol–water partition coefficient (Wildman–Crippen LogP) is 2.73. The second-order valence-corrected chi connectivity index (χ2v) is 9.71. The van der Waals surface area contributed by atoms with Crippen LogP contribution in [-0.4, -0.2) is 93.4 Å². The summed E-state index contributed by atoms with van der Waals surface area (Å²) in [5.74, 6) is 1.55. The number of thioether (sulfide) groups is 1. The summed E-state index contributed by atoms with van der Waals surface area (Å²) in [5, 5.41) is 6.06. The van der Waals surface area contributed by atoms with Crippen LogP contribution in [0.15, 0.2) is 29.2 Å². The SMILES string of the molecule is CSc1cccc(NC(=O)NCC2CC3CCN2CC3CN(C)CCN(C)C)c1. The predicted molar refractivity (Wildman–Crippen MR) is 123 cm³/mol. The minimum Gasteiger partial charge on any atom is -0.336 e. The van der Waals surface area contributed by atoms with Gasteiger partial charge in [0.25, 0.3) is 0 Å². The molecule has 0 spiro atoms. The highest BCUT2D eigenvalue weighted by atomic mass is 32.2. The van der Waals surface area contributed by atoms with Gasteiger partial charge >= 0.3 is 6.03 Å². The maximum absolute atomic E-state index is 12.3. The topological polar surface area (TPSA) is 50.9 Å². The van der Waals surface area contributed by atoms with Crippen LogP contribution in [-0.2, 0) is 0 Å². The van der Waals surface area contributed by atoms with Crippen LogP contribution in [0.25, 0.3) is 0 Å². The van der Waals surface area contributed by atoms with Gasteiger partial charge in [-0.2, -0.15) is 0 Å². The number of piperidine rings is 3. The van der Waals surface area contributed by atoms with E-state index in [4.69, 9.17) is 0 Å². The van der Waals surface area contributed by atoms with E-state index in [2.05, 4.69) is 46.5 Å². The Hall–Kier alpha value is -1.28. The number of anilines is 1. The second-order valence-electron chi connectivity index (χ2n) is 8.83. The molecular formula is C22H37N5OS. The first kappa shape index (κ1) is 22.4. The first-order valence-electron chi connectivity index (χ1n) is 10.7. The summed E-state index contributed by atoms with van der Waals surface area (Å²) in [4.78, 5) is 20.8. The van der Waals surface area contributed by atoms with Crippen molar-refractivity contribution < 1.29 is 4.79 Å². The van der Waals surface area contributed by atoms with E-state index >= 15 is 0 Å². The number of carbonyl (C=O) groups is 1. The van der Waals surface area contributed by atoms with Crippen molar-refractivity contribution in [2.24, 2.45) is 11.8 Å². The molecule has 3 heterocycles. The first-order valence-corrected chi connectivity index (χ1v) is 11.9. The van der Waals surface area contributed by atoms with E-state index < -0.39 is 0 Å². The molecule has 162 valence electrons. The van der Waals surface area contributed by atoms with Crippen molar-refractivity contribution in [3.8, 4) is 0 Å². The Kier molecular flexibility index (Phi) is 8.24. The molecule has 29 heavy (non-hydrogen) atoms. The lowest BCUT2D eigenvalue weighted by atomic mass is 9.75. The number of nitrogens with one attached hydrogen (secondary N) is 2. The third-order valence-electron chi connectivity index (χ3n) is 6.31. The van der Waals surface area contributed by atoms with Crippen molar-refractivity contribution in [3.63, 3.8) is 0 Å². The van der Waals surface area contributed by atoms with Gasteiger partial charge < -0.3 is 20.4 Å². The average Bonchev–Trinajstić information content (AvgIpc) is 2.71. The van der Waals surface area contributed by atoms with E-state index in [1.807, 2.05) is 30.5 Å².